The van der Waals surface area contributed by atoms with Gasteiger partial charge >= 0.3 is 5.97 Å². The monoisotopic (exact) mass is 354 g/mol. The van der Waals surface area contributed by atoms with Gasteiger partial charge in [-0.15, -0.1) is 0 Å². The molecule has 0 saturated heterocycles. The molecule has 0 amide bonds. The molecular formula is C24H18O3. The lowest BCUT2D eigenvalue weighted by Gasteiger charge is -2.25. The fourth-order valence-corrected chi connectivity index (χ4v) is 3.48. The van der Waals surface area contributed by atoms with E-state index in [1.807, 2.05) is 78.9 Å². The van der Waals surface area contributed by atoms with Crippen molar-refractivity contribution < 1.29 is 14.3 Å². The van der Waals surface area contributed by atoms with E-state index in [9.17, 15) is 4.79 Å². The van der Waals surface area contributed by atoms with Gasteiger partial charge in [-0.1, -0.05) is 72.7 Å². The second-order valence-corrected chi connectivity index (χ2v) is 6.27. The van der Waals surface area contributed by atoms with Crippen LogP contribution in [-0.2, 0) is 15.1 Å². The van der Waals surface area contributed by atoms with E-state index in [4.69, 9.17) is 9.47 Å². The Hall–Kier alpha value is -3.51. The maximum absolute atomic E-state index is 12.0. The molecule has 0 saturated carbocycles. The molecule has 3 nitrogen and oxygen atoms in total. The van der Waals surface area contributed by atoms with Gasteiger partial charge in [0.05, 0.1) is 0 Å². The fraction of sp³-hybridized carbons (Fsp3) is 0.125. The number of fused-ring (bicyclic) bond motifs is 3. The van der Waals surface area contributed by atoms with Crippen molar-refractivity contribution in [1.82, 2.24) is 0 Å². The number of ether oxygens (including phenoxy) is 2. The van der Waals surface area contributed by atoms with Crippen LogP contribution in [0.1, 0.15) is 18.1 Å². The molecule has 0 radical (unpaired) electrons. The van der Waals surface area contributed by atoms with Crippen LogP contribution in [0, 0.1) is 11.8 Å². The number of carbonyl (C=O) groups excluding carboxylic acids is 1. The molecular weight excluding hydrogens is 336 g/mol. The first-order valence-electron chi connectivity index (χ1n) is 8.77. The van der Waals surface area contributed by atoms with Crippen LogP contribution in [0.5, 0.6) is 5.75 Å². The van der Waals surface area contributed by atoms with Crippen LogP contribution < -0.4 is 4.74 Å². The highest BCUT2D eigenvalue weighted by atomic mass is 16.6. The molecule has 3 aromatic carbocycles. The lowest BCUT2D eigenvalue weighted by molar-refractivity contribution is -0.149. The van der Waals surface area contributed by atoms with Crippen LogP contribution in [-0.4, -0.2) is 12.6 Å². The Morgan fingerprint density at radius 1 is 0.852 bits per heavy atom. The lowest BCUT2D eigenvalue weighted by Crippen LogP contribution is -2.29. The zero-order valence-electron chi connectivity index (χ0n) is 14.9. The normalized spacial score (nSPS) is 12.9. The van der Waals surface area contributed by atoms with E-state index in [0.717, 1.165) is 28.0 Å². The summed E-state index contributed by atoms with van der Waals surface area (Å²) in [5.74, 6) is 6.62. The number of hydrogen-bond donors (Lipinski definition) is 0. The minimum absolute atomic E-state index is 0.206. The average molecular weight is 354 g/mol. The first-order chi connectivity index (χ1) is 13.2. The van der Waals surface area contributed by atoms with Gasteiger partial charge in [0, 0.05) is 18.1 Å². The second-order valence-electron chi connectivity index (χ2n) is 6.27. The van der Waals surface area contributed by atoms with Gasteiger partial charge < -0.3 is 9.47 Å². The maximum Gasteiger partial charge on any atom is 0.304 e. The van der Waals surface area contributed by atoms with Gasteiger partial charge in [0.15, 0.2) is 0 Å². The Bertz CT molecular complexity index is 996. The fourth-order valence-electron chi connectivity index (χ4n) is 3.48. The predicted molar refractivity (Wildman–Crippen MR) is 104 cm³/mol. The van der Waals surface area contributed by atoms with E-state index < -0.39 is 5.60 Å². The molecule has 27 heavy (non-hydrogen) atoms. The van der Waals surface area contributed by atoms with Crippen molar-refractivity contribution in [3.05, 3.63) is 90.0 Å². The molecule has 0 atom stereocenters. The molecule has 3 heteroatoms. The summed E-state index contributed by atoms with van der Waals surface area (Å²) in [5, 5.41) is 0. The summed E-state index contributed by atoms with van der Waals surface area (Å²) >= 11 is 0. The predicted octanol–water partition coefficient (Wildman–Crippen LogP) is 4.56. The largest absolute Gasteiger partial charge is 0.481 e. The number of benzene rings is 3. The lowest BCUT2D eigenvalue weighted by atomic mass is 9.91. The summed E-state index contributed by atoms with van der Waals surface area (Å²) in [4.78, 5) is 12.0. The van der Waals surface area contributed by atoms with Crippen LogP contribution in [0.2, 0.25) is 0 Å². The minimum atomic E-state index is -1.11. The average Bonchev–Trinajstić information content (AvgIpc) is 2.97. The van der Waals surface area contributed by atoms with Gasteiger partial charge in [0.1, 0.15) is 12.4 Å². The molecule has 0 heterocycles. The van der Waals surface area contributed by atoms with E-state index in [2.05, 4.69) is 11.8 Å². The quantitative estimate of drug-likeness (QED) is 0.511. The summed E-state index contributed by atoms with van der Waals surface area (Å²) in [6, 6.07) is 25.3. The number of carbonyl (C=O) groups is 1. The van der Waals surface area contributed by atoms with E-state index in [1.165, 1.54) is 6.92 Å². The Morgan fingerprint density at radius 2 is 1.41 bits per heavy atom. The number of para-hydroxylation sites is 1. The summed E-state index contributed by atoms with van der Waals surface area (Å²) in [7, 11) is 0. The van der Waals surface area contributed by atoms with Crippen LogP contribution >= 0.6 is 0 Å². The Kier molecular flexibility index (Phi) is 4.40. The highest BCUT2D eigenvalue weighted by Gasteiger charge is 2.45. The second kappa shape index (κ2) is 7.01. The Morgan fingerprint density at radius 3 is 2.00 bits per heavy atom. The Balaban J connectivity index is 1.75. The van der Waals surface area contributed by atoms with Crippen LogP contribution in [0.25, 0.3) is 11.1 Å². The summed E-state index contributed by atoms with van der Waals surface area (Å²) in [6.07, 6.45) is 0. The van der Waals surface area contributed by atoms with E-state index >= 15 is 0 Å². The number of esters is 1. The standard InChI is InChI=1S/C24H18O3/c1-18(25)27-24(16-9-17-26-19-10-3-2-4-11-19)22-14-7-5-12-20(22)21-13-6-8-15-23(21)24/h2-8,10-15H,17H2,1H3. The van der Waals surface area contributed by atoms with Gasteiger partial charge in [-0.3, -0.25) is 4.79 Å². The molecule has 3 aromatic rings. The molecule has 1 aliphatic carbocycles. The third-order valence-electron chi connectivity index (χ3n) is 4.52. The van der Waals surface area contributed by atoms with Crippen LogP contribution in [0.4, 0.5) is 0 Å². The minimum Gasteiger partial charge on any atom is -0.481 e. The topological polar surface area (TPSA) is 35.5 Å². The Labute approximate surface area is 158 Å². The van der Waals surface area contributed by atoms with Gasteiger partial charge in [0.2, 0.25) is 5.60 Å². The molecule has 0 unspecified atom stereocenters. The third-order valence-corrected chi connectivity index (χ3v) is 4.52. The number of rotatable bonds is 3. The van der Waals surface area contributed by atoms with Gasteiger partial charge in [0.25, 0.3) is 0 Å². The van der Waals surface area contributed by atoms with E-state index in [0.29, 0.717) is 0 Å². The van der Waals surface area contributed by atoms with Crippen molar-refractivity contribution in [3.8, 4) is 28.7 Å². The van der Waals surface area contributed by atoms with Crippen molar-refractivity contribution in [2.75, 3.05) is 6.61 Å². The maximum atomic E-state index is 12.0. The van der Waals surface area contributed by atoms with Gasteiger partial charge in [-0.25, -0.2) is 0 Å². The molecule has 0 aromatic heterocycles. The van der Waals surface area contributed by atoms with Crippen molar-refractivity contribution in [2.45, 2.75) is 12.5 Å². The summed E-state index contributed by atoms with van der Waals surface area (Å²) in [5.41, 5.74) is 2.72. The zero-order chi connectivity index (χ0) is 18.7. The molecule has 4 rings (SSSR count). The van der Waals surface area contributed by atoms with Crippen molar-refractivity contribution in [2.24, 2.45) is 0 Å². The van der Waals surface area contributed by atoms with Crippen LogP contribution in [0.3, 0.4) is 0 Å². The van der Waals surface area contributed by atoms with Crippen molar-refractivity contribution in [1.29, 1.82) is 0 Å². The van der Waals surface area contributed by atoms with E-state index in [-0.39, 0.29) is 12.6 Å². The van der Waals surface area contributed by atoms with Crippen LogP contribution in [0.15, 0.2) is 78.9 Å². The smallest absolute Gasteiger partial charge is 0.304 e. The SMILES string of the molecule is CC(=O)OC1(C#CCOc2ccccc2)c2ccccc2-c2ccccc21. The molecule has 0 fully saturated rings. The molecule has 132 valence electrons. The first kappa shape index (κ1) is 16.9. The van der Waals surface area contributed by atoms with Gasteiger partial charge in [-0.2, -0.15) is 0 Å². The molecule has 0 spiro atoms. The summed E-state index contributed by atoms with van der Waals surface area (Å²) in [6.45, 7) is 1.62. The molecule has 0 N–H and O–H groups in total. The number of hydrogen-bond acceptors (Lipinski definition) is 3. The summed E-state index contributed by atoms with van der Waals surface area (Å²) < 4.78 is 11.5. The molecule has 0 aliphatic heterocycles. The molecule has 1 aliphatic rings. The van der Waals surface area contributed by atoms with Crippen molar-refractivity contribution >= 4 is 5.97 Å². The van der Waals surface area contributed by atoms with Crippen molar-refractivity contribution in [3.63, 3.8) is 0 Å². The van der Waals surface area contributed by atoms with E-state index in [1.54, 1.807) is 0 Å². The first-order valence-corrected chi connectivity index (χ1v) is 8.77. The third kappa shape index (κ3) is 3.07. The zero-order valence-corrected chi connectivity index (χ0v) is 14.9. The highest BCUT2D eigenvalue weighted by molar-refractivity contribution is 5.84. The highest BCUT2D eigenvalue weighted by Crippen LogP contribution is 2.49. The molecule has 0 bridgehead atoms. The van der Waals surface area contributed by atoms with Gasteiger partial charge in [-0.05, 0) is 29.2 Å².